The van der Waals surface area contributed by atoms with Gasteiger partial charge < -0.3 is 9.84 Å². The summed E-state index contributed by atoms with van der Waals surface area (Å²) in [6.45, 7) is 2.94. The molecular weight excluding hydrogens is 344 g/mol. The van der Waals surface area contributed by atoms with Gasteiger partial charge in [0.25, 0.3) is 0 Å². The molecule has 0 unspecified atom stereocenters. The number of benzene rings is 1. The Hall–Kier alpha value is -2.15. The molecule has 2 rings (SSSR count). The Kier molecular flexibility index (Phi) is 5.67. The highest BCUT2D eigenvalue weighted by Crippen LogP contribution is 2.30. The fraction of sp³-hybridized carbons (Fsp3) is 0.444. The van der Waals surface area contributed by atoms with Crippen LogP contribution in [0.25, 0.3) is 6.08 Å². The van der Waals surface area contributed by atoms with E-state index < -0.39 is 26.5 Å². The topological polar surface area (TPSA) is 97.7 Å². The molecule has 0 aliphatic heterocycles. The normalized spacial score (nSPS) is 15.3. The van der Waals surface area contributed by atoms with E-state index in [9.17, 15) is 18.0 Å². The maximum absolute atomic E-state index is 12.8. The summed E-state index contributed by atoms with van der Waals surface area (Å²) in [6, 6.07) is 6.58. The average molecular weight is 366 g/mol. The molecule has 1 aliphatic rings. The van der Waals surface area contributed by atoms with Crippen molar-refractivity contribution in [2.75, 3.05) is 6.61 Å². The molecule has 6 nitrogen and oxygen atoms in total. The second-order valence-electron chi connectivity index (χ2n) is 6.68. The monoisotopic (exact) mass is 366 g/mol. The van der Waals surface area contributed by atoms with E-state index in [1.807, 2.05) is 0 Å². The van der Waals surface area contributed by atoms with Crippen LogP contribution in [0.5, 0.6) is 0 Å². The minimum atomic E-state index is -3.86. The van der Waals surface area contributed by atoms with Gasteiger partial charge in [0.15, 0.2) is 14.6 Å². The highest BCUT2D eigenvalue weighted by atomic mass is 32.2. The molecule has 0 amide bonds. The van der Waals surface area contributed by atoms with Gasteiger partial charge in [-0.15, -0.1) is 0 Å². The predicted octanol–water partition coefficient (Wildman–Crippen LogP) is 2.43. The quantitative estimate of drug-likeness (QED) is 0.560. The molecule has 1 fully saturated rings. The number of carboxylic acids is 1. The van der Waals surface area contributed by atoms with Gasteiger partial charge in [-0.05, 0) is 49.8 Å². The van der Waals surface area contributed by atoms with Gasteiger partial charge >= 0.3 is 11.9 Å². The second-order valence-corrected chi connectivity index (χ2v) is 9.22. The van der Waals surface area contributed by atoms with E-state index in [0.29, 0.717) is 17.0 Å². The highest BCUT2D eigenvalue weighted by molar-refractivity contribution is 7.92. The minimum absolute atomic E-state index is 0.260. The van der Waals surface area contributed by atoms with E-state index >= 15 is 0 Å². The second kappa shape index (κ2) is 7.39. The molecule has 1 aliphatic carbocycles. The molecule has 0 aromatic heterocycles. The first-order valence-electron chi connectivity index (χ1n) is 8.02. The van der Waals surface area contributed by atoms with Crippen LogP contribution in [-0.2, 0) is 29.9 Å². The summed E-state index contributed by atoms with van der Waals surface area (Å²) < 4.78 is 29.0. The lowest BCUT2D eigenvalue weighted by Crippen LogP contribution is -2.43. The number of rotatable bonds is 8. The molecule has 1 aromatic carbocycles. The van der Waals surface area contributed by atoms with Crippen LogP contribution >= 0.6 is 0 Å². The van der Waals surface area contributed by atoms with Crippen molar-refractivity contribution in [3.05, 3.63) is 41.5 Å². The van der Waals surface area contributed by atoms with Gasteiger partial charge in [-0.25, -0.2) is 13.2 Å². The largest absolute Gasteiger partial charge is 0.478 e. The van der Waals surface area contributed by atoms with Crippen molar-refractivity contribution in [2.24, 2.45) is 5.92 Å². The molecule has 25 heavy (non-hydrogen) atoms. The van der Waals surface area contributed by atoms with Crippen LogP contribution in [0.1, 0.15) is 37.8 Å². The van der Waals surface area contributed by atoms with Crippen LogP contribution in [-0.4, -0.2) is 36.8 Å². The Morgan fingerprint density at radius 3 is 2.52 bits per heavy atom. The van der Waals surface area contributed by atoms with Crippen LogP contribution in [0, 0.1) is 5.92 Å². The number of carbonyl (C=O) groups excluding carboxylic acids is 1. The zero-order chi connectivity index (χ0) is 18.7. The summed E-state index contributed by atoms with van der Waals surface area (Å²) in [5.41, 5.74) is 0.915. The molecule has 0 bridgehead atoms. The number of hydrogen-bond acceptors (Lipinski definition) is 5. The SMILES string of the molecule is CC(C)(C(=O)OCC1CC1)S(=O)(=O)Cc1ccccc1/C=C/C(=O)O. The average Bonchev–Trinajstić information content (AvgIpc) is 3.35. The van der Waals surface area contributed by atoms with Crippen LogP contribution in [0.15, 0.2) is 30.3 Å². The molecule has 0 radical (unpaired) electrons. The number of ether oxygens (including phenoxy) is 1. The van der Waals surface area contributed by atoms with Crippen molar-refractivity contribution < 1.29 is 27.9 Å². The van der Waals surface area contributed by atoms with E-state index in [2.05, 4.69) is 0 Å². The smallest absolute Gasteiger partial charge is 0.328 e. The van der Waals surface area contributed by atoms with Gasteiger partial charge in [0.1, 0.15) is 0 Å². The standard InChI is InChI=1S/C18H22O6S/c1-18(2,17(21)24-11-13-7-8-13)25(22,23)12-15-6-4-3-5-14(15)9-10-16(19)20/h3-6,9-10,13H,7-8,11-12H2,1-2H3,(H,19,20)/b10-9+. The van der Waals surface area contributed by atoms with Crippen molar-refractivity contribution in [3.8, 4) is 0 Å². The van der Waals surface area contributed by atoms with Crippen molar-refractivity contribution in [1.82, 2.24) is 0 Å². The van der Waals surface area contributed by atoms with Gasteiger partial charge in [0.2, 0.25) is 0 Å². The van der Waals surface area contributed by atoms with Crippen molar-refractivity contribution >= 4 is 27.9 Å². The third-order valence-electron chi connectivity index (χ3n) is 4.22. The maximum atomic E-state index is 12.8. The van der Waals surface area contributed by atoms with Crippen molar-refractivity contribution in [2.45, 2.75) is 37.2 Å². The zero-order valence-corrected chi connectivity index (χ0v) is 15.1. The van der Waals surface area contributed by atoms with Crippen LogP contribution in [0.3, 0.4) is 0 Å². The minimum Gasteiger partial charge on any atom is -0.478 e. The van der Waals surface area contributed by atoms with E-state index in [0.717, 1.165) is 18.9 Å². The van der Waals surface area contributed by atoms with Gasteiger partial charge in [0.05, 0.1) is 12.4 Å². The summed E-state index contributed by atoms with van der Waals surface area (Å²) in [5, 5.41) is 8.74. The number of carboxylic acid groups (broad SMARTS) is 1. The van der Waals surface area contributed by atoms with Gasteiger partial charge in [-0.2, -0.15) is 0 Å². The summed E-state index contributed by atoms with van der Waals surface area (Å²) in [6.07, 6.45) is 4.29. The van der Waals surface area contributed by atoms with E-state index in [1.165, 1.54) is 19.9 Å². The first kappa shape index (κ1) is 19.2. The van der Waals surface area contributed by atoms with Gasteiger partial charge in [-0.1, -0.05) is 24.3 Å². The molecule has 1 N–H and O–H groups in total. The number of hydrogen-bond donors (Lipinski definition) is 1. The summed E-state index contributed by atoms with van der Waals surface area (Å²) >= 11 is 0. The molecule has 0 atom stereocenters. The van der Waals surface area contributed by atoms with Gasteiger partial charge in [0, 0.05) is 6.08 Å². The molecule has 0 heterocycles. The van der Waals surface area contributed by atoms with Gasteiger partial charge in [-0.3, -0.25) is 4.79 Å². The summed E-state index contributed by atoms with van der Waals surface area (Å²) in [7, 11) is -3.86. The number of sulfone groups is 1. The molecule has 0 saturated heterocycles. The summed E-state index contributed by atoms with van der Waals surface area (Å²) in [4.78, 5) is 22.9. The first-order chi connectivity index (χ1) is 11.6. The Morgan fingerprint density at radius 2 is 1.92 bits per heavy atom. The molecule has 0 spiro atoms. The third kappa shape index (κ3) is 4.92. The molecule has 1 saturated carbocycles. The molecular formula is C18H22O6S. The number of esters is 1. The molecule has 7 heteroatoms. The van der Waals surface area contributed by atoms with E-state index in [4.69, 9.17) is 9.84 Å². The predicted molar refractivity (Wildman–Crippen MR) is 93.5 cm³/mol. The van der Waals surface area contributed by atoms with Crippen LogP contribution in [0.2, 0.25) is 0 Å². The van der Waals surface area contributed by atoms with Crippen LogP contribution < -0.4 is 0 Å². The molecule has 1 aromatic rings. The zero-order valence-electron chi connectivity index (χ0n) is 14.3. The first-order valence-corrected chi connectivity index (χ1v) is 9.67. The van der Waals surface area contributed by atoms with Crippen molar-refractivity contribution in [3.63, 3.8) is 0 Å². The fourth-order valence-electron chi connectivity index (χ4n) is 2.15. The summed E-state index contributed by atoms with van der Waals surface area (Å²) in [5.74, 6) is -1.90. The van der Waals surface area contributed by atoms with Crippen molar-refractivity contribution in [1.29, 1.82) is 0 Å². The maximum Gasteiger partial charge on any atom is 0.328 e. The lowest BCUT2D eigenvalue weighted by Gasteiger charge is -2.23. The highest BCUT2D eigenvalue weighted by Gasteiger charge is 2.43. The lowest BCUT2D eigenvalue weighted by molar-refractivity contribution is -0.146. The Bertz CT molecular complexity index is 788. The van der Waals surface area contributed by atoms with E-state index in [-0.39, 0.29) is 12.4 Å². The third-order valence-corrected chi connectivity index (χ3v) is 6.63. The van der Waals surface area contributed by atoms with E-state index in [1.54, 1.807) is 24.3 Å². The molecule has 136 valence electrons. The number of aliphatic carboxylic acids is 1. The fourth-order valence-corrected chi connectivity index (χ4v) is 3.50. The van der Waals surface area contributed by atoms with Crippen LogP contribution in [0.4, 0.5) is 0 Å². The Labute approximate surface area is 147 Å². The Morgan fingerprint density at radius 1 is 1.28 bits per heavy atom. The lowest BCUT2D eigenvalue weighted by atomic mass is 10.1. The number of carbonyl (C=O) groups is 2. The Balaban J connectivity index is 2.19.